The second kappa shape index (κ2) is 10.6. The number of likely N-dealkylation sites (tertiary alicyclic amines) is 1. The zero-order valence-corrected chi connectivity index (χ0v) is 15.4. The summed E-state index contributed by atoms with van der Waals surface area (Å²) in [4.78, 5) is 12.6. The third-order valence-corrected chi connectivity index (χ3v) is 5.14. The van der Waals surface area contributed by atoms with E-state index in [0.29, 0.717) is 0 Å². The molecule has 1 aliphatic heterocycles. The Morgan fingerprint density at radius 1 is 1.22 bits per heavy atom. The number of rotatable bonds is 7. The van der Waals surface area contributed by atoms with Gasteiger partial charge in [-0.1, -0.05) is 12.8 Å². The zero-order valence-electron chi connectivity index (χ0n) is 14.6. The highest BCUT2D eigenvalue weighted by molar-refractivity contribution is 7.11. The number of hydrogen-bond donors (Lipinski definition) is 2. The minimum atomic E-state index is 0.874. The number of thiazole rings is 1. The van der Waals surface area contributed by atoms with Crippen LogP contribution in [0.25, 0.3) is 0 Å². The molecule has 23 heavy (non-hydrogen) atoms. The first-order valence-corrected chi connectivity index (χ1v) is 9.68. The second-order valence-electron chi connectivity index (χ2n) is 6.15. The highest BCUT2D eigenvalue weighted by Gasteiger charge is 2.08. The highest BCUT2D eigenvalue weighted by atomic mass is 32.1. The smallest absolute Gasteiger partial charge is 0.190 e. The first-order valence-electron chi connectivity index (χ1n) is 8.86. The first-order chi connectivity index (χ1) is 11.3. The van der Waals surface area contributed by atoms with Gasteiger partial charge in [0.05, 0.1) is 5.01 Å². The number of hydrogen-bond acceptors (Lipinski definition) is 4. The topological polar surface area (TPSA) is 52.6 Å². The Labute approximate surface area is 144 Å². The summed E-state index contributed by atoms with van der Waals surface area (Å²) in [6.45, 7) is 7.70. The van der Waals surface area contributed by atoms with Gasteiger partial charge in [0, 0.05) is 37.6 Å². The lowest BCUT2D eigenvalue weighted by atomic mass is 10.2. The molecule has 0 saturated carbocycles. The Morgan fingerprint density at radius 2 is 1.96 bits per heavy atom. The molecular formula is C17H31N5S. The van der Waals surface area contributed by atoms with Crippen molar-refractivity contribution in [2.24, 2.45) is 4.99 Å². The van der Waals surface area contributed by atoms with E-state index in [9.17, 15) is 0 Å². The lowest BCUT2D eigenvalue weighted by Crippen LogP contribution is -2.39. The maximum Gasteiger partial charge on any atom is 0.190 e. The third kappa shape index (κ3) is 7.31. The molecule has 2 N–H and O–H groups in total. The SMILES string of the molecule is CN=C(NCCCN1CCCCCC1)NCCc1ncc(C)s1. The van der Waals surface area contributed by atoms with Crippen LogP contribution in [0.15, 0.2) is 11.2 Å². The van der Waals surface area contributed by atoms with Gasteiger partial charge in [-0.2, -0.15) is 0 Å². The Morgan fingerprint density at radius 3 is 2.61 bits per heavy atom. The van der Waals surface area contributed by atoms with E-state index >= 15 is 0 Å². The predicted molar refractivity (Wildman–Crippen MR) is 99.4 cm³/mol. The van der Waals surface area contributed by atoms with Crippen LogP contribution >= 0.6 is 11.3 Å². The molecule has 0 unspecified atom stereocenters. The number of guanidine groups is 1. The van der Waals surface area contributed by atoms with Crippen LogP contribution in [-0.2, 0) is 6.42 Å². The van der Waals surface area contributed by atoms with Gasteiger partial charge in [-0.25, -0.2) is 4.98 Å². The summed E-state index contributed by atoms with van der Waals surface area (Å²) in [5.41, 5.74) is 0. The monoisotopic (exact) mass is 337 g/mol. The van der Waals surface area contributed by atoms with E-state index in [0.717, 1.165) is 25.5 Å². The Bertz CT molecular complexity index is 463. The van der Waals surface area contributed by atoms with Crippen LogP contribution in [0.2, 0.25) is 0 Å². The van der Waals surface area contributed by atoms with Crippen LogP contribution in [0.1, 0.15) is 42.0 Å². The molecular weight excluding hydrogens is 306 g/mol. The van der Waals surface area contributed by atoms with E-state index < -0.39 is 0 Å². The maximum atomic E-state index is 4.39. The number of aromatic nitrogens is 1. The molecule has 0 amide bonds. The highest BCUT2D eigenvalue weighted by Crippen LogP contribution is 2.11. The fraction of sp³-hybridized carbons (Fsp3) is 0.765. The van der Waals surface area contributed by atoms with Crippen LogP contribution in [0, 0.1) is 6.92 Å². The summed E-state index contributed by atoms with van der Waals surface area (Å²) >= 11 is 1.77. The second-order valence-corrected chi connectivity index (χ2v) is 7.47. The predicted octanol–water partition coefficient (Wildman–Crippen LogP) is 2.43. The minimum absolute atomic E-state index is 0.874. The standard InChI is InChI=1S/C17H31N5S/c1-15-14-21-16(23-15)8-10-20-17(18-2)19-9-7-13-22-11-5-3-4-6-12-22/h14H,3-13H2,1-2H3,(H2,18,19,20). The average Bonchev–Trinajstić information content (AvgIpc) is 2.81. The normalized spacial score (nSPS) is 17.0. The molecule has 0 spiro atoms. The van der Waals surface area contributed by atoms with Crippen molar-refractivity contribution in [1.29, 1.82) is 0 Å². The average molecular weight is 338 g/mol. The minimum Gasteiger partial charge on any atom is -0.356 e. The lowest BCUT2D eigenvalue weighted by molar-refractivity contribution is 0.282. The summed E-state index contributed by atoms with van der Waals surface area (Å²) in [6.07, 6.45) is 9.61. The van der Waals surface area contributed by atoms with Crippen LogP contribution < -0.4 is 10.6 Å². The lowest BCUT2D eigenvalue weighted by Gasteiger charge is -2.20. The molecule has 2 heterocycles. The van der Waals surface area contributed by atoms with Crippen molar-refractivity contribution >= 4 is 17.3 Å². The molecule has 130 valence electrons. The van der Waals surface area contributed by atoms with Crippen LogP contribution in [0.3, 0.4) is 0 Å². The maximum absolute atomic E-state index is 4.39. The molecule has 1 saturated heterocycles. The van der Waals surface area contributed by atoms with Crippen molar-refractivity contribution < 1.29 is 0 Å². The van der Waals surface area contributed by atoms with Crippen molar-refractivity contribution in [3.05, 3.63) is 16.1 Å². The summed E-state index contributed by atoms with van der Waals surface area (Å²) in [7, 11) is 1.83. The van der Waals surface area contributed by atoms with Gasteiger partial charge in [-0.05, 0) is 45.8 Å². The van der Waals surface area contributed by atoms with E-state index in [2.05, 4.69) is 32.4 Å². The van der Waals surface area contributed by atoms with E-state index in [-0.39, 0.29) is 0 Å². The first kappa shape index (κ1) is 18.2. The molecule has 1 aliphatic rings. The third-order valence-electron chi connectivity index (χ3n) is 4.17. The van der Waals surface area contributed by atoms with Gasteiger partial charge in [0.1, 0.15) is 0 Å². The van der Waals surface area contributed by atoms with Gasteiger partial charge < -0.3 is 15.5 Å². The molecule has 0 atom stereocenters. The molecule has 1 aromatic heterocycles. The molecule has 0 bridgehead atoms. The number of aryl methyl sites for hydroxylation is 1. The molecule has 1 fully saturated rings. The van der Waals surface area contributed by atoms with Gasteiger partial charge in [-0.3, -0.25) is 4.99 Å². The number of nitrogens with zero attached hydrogens (tertiary/aromatic N) is 3. The van der Waals surface area contributed by atoms with Crippen molar-refractivity contribution in [2.45, 2.75) is 45.4 Å². The molecule has 6 heteroatoms. The Kier molecular flexibility index (Phi) is 8.39. The summed E-state index contributed by atoms with van der Waals surface area (Å²) in [5, 5.41) is 7.97. The van der Waals surface area contributed by atoms with Gasteiger partial charge in [0.2, 0.25) is 0 Å². The molecule has 0 aliphatic carbocycles. The number of nitrogens with one attached hydrogen (secondary N) is 2. The fourth-order valence-electron chi connectivity index (χ4n) is 2.89. The van der Waals surface area contributed by atoms with Gasteiger partial charge in [0.25, 0.3) is 0 Å². The molecule has 5 nitrogen and oxygen atoms in total. The van der Waals surface area contributed by atoms with Crippen molar-refractivity contribution in [3.8, 4) is 0 Å². The van der Waals surface area contributed by atoms with Gasteiger partial charge in [0.15, 0.2) is 5.96 Å². The van der Waals surface area contributed by atoms with Gasteiger partial charge >= 0.3 is 0 Å². The summed E-state index contributed by atoms with van der Waals surface area (Å²) < 4.78 is 0. The Balaban J connectivity index is 1.55. The van der Waals surface area contributed by atoms with E-state index in [1.54, 1.807) is 11.3 Å². The van der Waals surface area contributed by atoms with Crippen molar-refractivity contribution in [1.82, 2.24) is 20.5 Å². The molecule has 0 radical (unpaired) electrons. The molecule has 0 aromatic carbocycles. The quantitative estimate of drug-likeness (QED) is 0.456. The van der Waals surface area contributed by atoms with Crippen LogP contribution in [0.4, 0.5) is 0 Å². The van der Waals surface area contributed by atoms with E-state index in [1.807, 2.05) is 13.2 Å². The molecule has 2 rings (SSSR count). The van der Waals surface area contributed by atoms with Crippen molar-refractivity contribution in [2.75, 3.05) is 39.8 Å². The van der Waals surface area contributed by atoms with Gasteiger partial charge in [-0.15, -0.1) is 11.3 Å². The van der Waals surface area contributed by atoms with E-state index in [4.69, 9.17) is 0 Å². The zero-order chi connectivity index (χ0) is 16.3. The fourth-order valence-corrected chi connectivity index (χ4v) is 3.68. The van der Waals surface area contributed by atoms with Crippen molar-refractivity contribution in [3.63, 3.8) is 0 Å². The van der Waals surface area contributed by atoms with Crippen LogP contribution in [-0.4, -0.2) is 55.6 Å². The summed E-state index contributed by atoms with van der Waals surface area (Å²) in [6, 6.07) is 0. The summed E-state index contributed by atoms with van der Waals surface area (Å²) in [5.74, 6) is 0.897. The van der Waals surface area contributed by atoms with Crippen LogP contribution in [0.5, 0.6) is 0 Å². The largest absolute Gasteiger partial charge is 0.356 e. The number of aliphatic imine (C=N–C) groups is 1. The van der Waals surface area contributed by atoms with E-state index in [1.165, 1.54) is 61.6 Å². The Hall–Kier alpha value is -1.14. The molecule has 1 aromatic rings.